The molecular weight excluding hydrogens is 168 g/mol. The van der Waals surface area contributed by atoms with E-state index in [2.05, 4.69) is 14.7 Å². The minimum Gasteiger partial charge on any atom is -0.401 e. The summed E-state index contributed by atoms with van der Waals surface area (Å²) in [4.78, 5) is 6.99. The van der Waals surface area contributed by atoms with Gasteiger partial charge in [-0.2, -0.15) is 8.78 Å². The van der Waals surface area contributed by atoms with Gasteiger partial charge in [0, 0.05) is 24.5 Å². The molecule has 1 aromatic heterocycles. The lowest BCUT2D eigenvalue weighted by atomic mass is 10.4. The molecule has 12 heavy (non-hydrogen) atoms. The first-order chi connectivity index (χ1) is 5.72. The molecular formula is C6H7F2N3O. The molecule has 0 aliphatic rings. The summed E-state index contributed by atoms with van der Waals surface area (Å²) in [5, 5.41) is 0. The van der Waals surface area contributed by atoms with Gasteiger partial charge in [-0.05, 0) is 0 Å². The minimum absolute atomic E-state index is 0.273. The van der Waals surface area contributed by atoms with Gasteiger partial charge in [-0.15, -0.1) is 0 Å². The van der Waals surface area contributed by atoms with Crippen LogP contribution in [-0.2, 0) is 6.54 Å². The Hall–Kier alpha value is -1.30. The van der Waals surface area contributed by atoms with E-state index < -0.39 is 6.61 Å². The van der Waals surface area contributed by atoms with Crippen molar-refractivity contribution in [3.8, 4) is 6.01 Å². The van der Waals surface area contributed by atoms with Gasteiger partial charge in [-0.1, -0.05) is 0 Å². The van der Waals surface area contributed by atoms with Gasteiger partial charge >= 0.3 is 12.6 Å². The second-order valence-electron chi connectivity index (χ2n) is 1.96. The maximum atomic E-state index is 11.6. The Balaban J connectivity index is 2.65. The lowest BCUT2D eigenvalue weighted by molar-refractivity contribution is -0.0561. The van der Waals surface area contributed by atoms with Crippen LogP contribution in [0.25, 0.3) is 0 Å². The van der Waals surface area contributed by atoms with Gasteiger partial charge in [0.1, 0.15) is 0 Å². The summed E-state index contributed by atoms with van der Waals surface area (Å²) >= 11 is 0. The van der Waals surface area contributed by atoms with Crippen molar-refractivity contribution in [2.24, 2.45) is 5.73 Å². The van der Waals surface area contributed by atoms with Gasteiger partial charge in [-0.3, -0.25) is 0 Å². The first-order valence-corrected chi connectivity index (χ1v) is 3.18. The summed E-state index contributed by atoms with van der Waals surface area (Å²) in [5.41, 5.74) is 5.90. The van der Waals surface area contributed by atoms with E-state index in [1.54, 1.807) is 0 Å². The highest BCUT2D eigenvalue weighted by atomic mass is 19.3. The first kappa shape index (κ1) is 8.79. The number of hydrogen-bond acceptors (Lipinski definition) is 4. The number of ether oxygens (including phenoxy) is 1. The highest BCUT2D eigenvalue weighted by Gasteiger charge is 2.05. The van der Waals surface area contributed by atoms with E-state index in [1.807, 2.05) is 0 Å². The number of hydrogen-bond donors (Lipinski definition) is 1. The van der Waals surface area contributed by atoms with E-state index >= 15 is 0 Å². The molecule has 1 aromatic rings. The zero-order valence-corrected chi connectivity index (χ0v) is 6.08. The van der Waals surface area contributed by atoms with Gasteiger partial charge < -0.3 is 10.5 Å². The number of nitrogens with two attached hydrogens (primary N) is 1. The molecule has 0 aliphatic carbocycles. The standard InChI is InChI=1S/C6H7F2N3O/c7-5(8)12-6-10-2-4(1-9)3-11-6/h2-3,5H,1,9H2. The van der Waals surface area contributed by atoms with E-state index in [0.29, 0.717) is 5.56 Å². The summed E-state index contributed by atoms with van der Waals surface area (Å²) in [6.45, 7) is -2.62. The molecule has 0 amide bonds. The summed E-state index contributed by atoms with van der Waals surface area (Å²) < 4.78 is 27.1. The van der Waals surface area contributed by atoms with Crippen molar-refractivity contribution in [3.63, 3.8) is 0 Å². The van der Waals surface area contributed by atoms with Crippen LogP contribution in [0.3, 0.4) is 0 Å². The Bertz CT molecular complexity index is 239. The number of rotatable bonds is 3. The van der Waals surface area contributed by atoms with E-state index in [-0.39, 0.29) is 12.6 Å². The fourth-order valence-corrected chi connectivity index (χ4v) is 0.589. The molecule has 0 spiro atoms. The monoisotopic (exact) mass is 175 g/mol. The lowest BCUT2D eigenvalue weighted by Crippen LogP contribution is -2.06. The molecule has 0 saturated carbocycles. The molecule has 0 radical (unpaired) electrons. The quantitative estimate of drug-likeness (QED) is 0.728. The van der Waals surface area contributed by atoms with Crippen molar-refractivity contribution in [3.05, 3.63) is 18.0 Å². The molecule has 0 saturated heterocycles. The van der Waals surface area contributed by atoms with E-state index in [0.717, 1.165) is 0 Å². The van der Waals surface area contributed by atoms with Crippen molar-refractivity contribution >= 4 is 0 Å². The first-order valence-electron chi connectivity index (χ1n) is 3.18. The van der Waals surface area contributed by atoms with Crippen LogP contribution < -0.4 is 10.5 Å². The smallest absolute Gasteiger partial charge is 0.389 e. The summed E-state index contributed by atoms with van der Waals surface area (Å²) in [6, 6.07) is -0.345. The van der Waals surface area contributed by atoms with E-state index in [9.17, 15) is 8.78 Å². The van der Waals surface area contributed by atoms with Gasteiger partial charge in [0.25, 0.3) is 0 Å². The molecule has 0 fully saturated rings. The van der Waals surface area contributed by atoms with Crippen LogP contribution in [0.15, 0.2) is 12.4 Å². The predicted octanol–water partition coefficient (Wildman–Crippen LogP) is 0.537. The van der Waals surface area contributed by atoms with Gasteiger partial charge in [-0.25, -0.2) is 9.97 Å². The van der Waals surface area contributed by atoms with Crippen molar-refractivity contribution in [1.29, 1.82) is 0 Å². The molecule has 0 atom stereocenters. The molecule has 0 unspecified atom stereocenters. The summed E-state index contributed by atoms with van der Waals surface area (Å²) in [7, 11) is 0. The minimum atomic E-state index is -2.89. The van der Waals surface area contributed by atoms with Gasteiger partial charge in [0.15, 0.2) is 0 Å². The number of alkyl halides is 2. The van der Waals surface area contributed by atoms with Crippen molar-refractivity contribution in [1.82, 2.24) is 9.97 Å². The molecule has 4 nitrogen and oxygen atoms in total. The van der Waals surface area contributed by atoms with Crippen LogP contribution in [0.2, 0.25) is 0 Å². The van der Waals surface area contributed by atoms with Crippen molar-refractivity contribution < 1.29 is 13.5 Å². The Morgan fingerprint density at radius 1 is 1.42 bits per heavy atom. The normalized spacial score (nSPS) is 10.3. The second kappa shape index (κ2) is 3.91. The second-order valence-corrected chi connectivity index (χ2v) is 1.96. The SMILES string of the molecule is NCc1cnc(OC(F)F)nc1. The van der Waals surface area contributed by atoms with Crippen LogP contribution in [-0.4, -0.2) is 16.6 Å². The number of aromatic nitrogens is 2. The van der Waals surface area contributed by atoms with Gasteiger partial charge in [0.05, 0.1) is 0 Å². The zero-order valence-electron chi connectivity index (χ0n) is 6.08. The van der Waals surface area contributed by atoms with Gasteiger partial charge in [0.2, 0.25) is 0 Å². The largest absolute Gasteiger partial charge is 0.401 e. The Kier molecular flexibility index (Phi) is 2.87. The Morgan fingerprint density at radius 3 is 2.42 bits per heavy atom. The Morgan fingerprint density at radius 2 is 2.00 bits per heavy atom. The predicted molar refractivity (Wildman–Crippen MR) is 36.6 cm³/mol. The molecule has 6 heteroatoms. The third-order valence-electron chi connectivity index (χ3n) is 1.11. The molecule has 1 rings (SSSR count). The average Bonchev–Trinajstić information content (AvgIpc) is 2.05. The van der Waals surface area contributed by atoms with Crippen LogP contribution in [0.5, 0.6) is 6.01 Å². The number of halogens is 2. The van der Waals surface area contributed by atoms with Crippen LogP contribution in [0.1, 0.15) is 5.56 Å². The van der Waals surface area contributed by atoms with Crippen LogP contribution >= 0.6 is 0 Å². The molecule has 66 valence electrons. The fraction of sp³-hybridized carbons (Fsp3) is 0.333. The molecule has 0 aliphatic heterocycles. The average molecular weight is 175 g/mol. The van der Waals surface area contributed by atoms with Crippen molar-refractivity contribution in [2.45, 2.75) is 13.2 Å². The van der Waals surface area contributed by atoms with E-state index in [1.165, 1.54) is 12.4 Å². The highest BCUT2D eigenvalue weighted by molar-refractivity contribution is 5.06. The third kappa shape index (κ3) is 2.39. The zero-order chi connectivity index (χ0) is 8.97. The molecule has 0 bridgehead atoms. The van der Waals surface area contributed by atoms with Crippen molar-refractivity contribution in [2.75, 3.05) is 0 Å². The Labute approximate surface area is 67.4 Å². The number of nitrogens with zero attached hydrogens (tertiary/aromatic N) is 2. The van der Waals surface area contributed by atoms with Crippen LogP contribution in [0, 0.1) is 0 Å². The lowest BCUT2D eigenvalue weighted by Gasteiger charge is -2.01. The summed E-state index contributed by atoms with van der Waals surface area (Å²) in [6.07, 6.45) is 2.68. The van der Waals surface area contributed by atoms with Crippen LogP contribution in [0.4, 0.5) is 8.78 Å². The molecule has 1 heterocycles. The highest BCUT2D eigenvalue weighted by Crippen LogP contribution is 2.05. The third-order valence-corrected chi connectivity index (χ3v) is 1.11. The maximum Gasteiger partial charge on any atom is 0.389 e. The van der Waals surface area contributed by atoms with E-state index in [4.69, 9.17) is 5.73 Å². The topological polar surface area (TPSA) is 61.0 Å². The maximum absolute atomic E-state index is 11.6. The summed E-state index contributed by atoms with van der Waals surface area (Å²) in [5.74, 6) is 0. The fourth-order valence-electron chi connectivity index (χ4n) is 0.589. The molecule has 0 aromatic carbocycles. The molecule has 2 N–H and O–H groups in total.